The number of thioether (sulfide) groups is 1. The number of benzene rings is 2. The molecule has 1 atom stereocenters. The fraction of sp³-hybridized carbons (Fsp3) is 0.167. The van der Waals surface area contributed by atoms with Crippen LogP contribution in [0.4, 0.5) is 15.8 Å². The Hall–Kier alpha value is -2.38. The second-order valence-corrected chi connectivity index (χ2v) is 7.24. The third-order valence-corrected chi connectivity index (χ3v) is 5.16. The Morgan fingerprint density at radius 2 is 2.08 bits per heavy atom. The molecule has 0 radical (unpaired) electrons. The van der Waals surface area contributed by atoms with E-state index in [4.69, 9.17) is 11.6 Å². The average Bonchev–Trinajstić information content (AvgIpc) is 2.59. The molecule has 1 heterocycles. The Bertz CT molecular complexity index is 890. The van der Waals surface area contributed by atoms with E-state index in [1.54, 1.807) is 37.4 Å². The molecule has 3 rings (SSSR count). The largest absolute Gasteiger partial charge is 0.325 e. The lowest BCUT2D eigenvalue weighted by Gasteiger charge is -2.28. The van der Waals surface area contributed by atoms with Gasteiger partial charge in [0.2, 0.25) is 11.8 Å². The number of aliphatic imine (C=N–C) groups is 1. The van der Waals surface area contributed by atoms with E-state index in [0.29, 0.717) is 21.6 Å². The van der Waals surface area contributed by atoms with E-state index >= 15 is 0 Å². The summed E-state index contributed by atoms with van der Waals surface area (Å²) < 4.78 is 13.3. The Labute approximate surface area is 159 Å². The zero-order valence-corrected chi connectivity index (χ0v) is 15.4. The molecule has 1 aliphatic rings. The van der Waals surface area contributed by atoms with Gasteiger partial charge < -0.3 is 5.32 Å². The summed E-state index contributed by atoms with van der Waals surface area (Å²) >= 11 is 7.08. The van der Waals surface area contributed by atoms with E-state index in [2.05, 4.69) is 10.3 Å². The van der Waals surface area contributed by atoms with Gasteiger partial charge in [-0.1, -0.05) is 35.5 Å². The van der Waals surface area contributed by atoms with Crippen molar-refractivity contribution < 1.29 is 14.0 Å². The summed E-state index contributed by atoms with van der Waals surface area (Å²) in [6, 6.07) is 12.5. The zero-order valence-electron chi connectivity index (χ0n) is 13.8. The van der Waals surface area contributed by atoms with Crippen molar-refractivity contribution in [1.29, 1.82) is 0 Å². The third kappa shape index (κ3) is 4.42. The van der Waals surface area contributed by atoms with Gasteiger partial charge in [-0.15, -0.1) is 0 Å². The summed E-state index contributed by atoms with van der Waals surface area (Å²) in [7, 11) is 1.58. The highest BCUT2D eigenvalue weighted by molar-refractivity contribution is 8.15. The van der Waals surface area contributed by atoms with Crippen molar-refractivity contribution in [2.75, 3.05) is 12.4 Å². The molecule has 1 saturated heterocycles. The number of carbonyl (C=O) groups is 2. The summed E-state index contributed by atoms with van der Waals surface area (Å²) in [5.41, 5.74) is 0.932. The quantitative estimate of drug-likeness (QED) is 0.857. The maximum Gasteiger partial charge on any atom is 0.238 e. The highest BCUT2D eigenvalue weighted by Crippen LogP contribution is 2.29. The molecule has 0 saturated carbocycles. The van der Waals surface area contributed by atoms with Crippen molar-refractivity contribution in [3.63, 3.8) is 0 Å². The molecule has 8 heteroatoms. The first kappa shape index (κ1) is 18.4. The number of amides is 2. The lowest BCUT2D eigenvalue weighted by atomic mass is 10.2. The molecule has 1 N–H and O–H groups in total. The Balaban J connectivity index is 1.79. The van der Waals surface area contributed by atoms with E-state index in [9.17, 15) is 14.0 Å². The van der Waals surface area contributed by atoms with Crippen LogP contribution in [-0.4, -0.2) is 34.2 Å². The van der Waals surface area contributed by atoms with Gasteiger partial charge in [-0.3, -0.25) is 14.5 Å². The van der Waals surface area contributed by atoms with Crippen LogP contribution in [0, 0.1) is 5.82 Å². The van der Waals surface area contributed by atoms with Crippen molar-refractivity contribution in [1.82, 2.24) is 4.90 Å². The summed E-state index contributed by atoms with van der Waals surface area (Å²) in [5, 5.41) is 2.97. The normalized spacial score (nSPS) is 18.9. The molecule has 2 aromatic rings. The summed E-state index contributed by atoms with van der Waals surface area (Å²) in [5.74, 6) is -0.965. The van der Waals surface area contributed by atoms with Gasteiger partial charge in [0.05, 0.1) is 5.69 Å². The van der Waals surface area contributed by atoms with Gasteiger partial charge in [0.1, 0.15) is 11.1 Å². The van der Waals surface area contributed by atoms with Crippen LogP contribution < -0.4 is 5.32 Å². The summed E-state index contributed by atoms with van der Waals surface area (Å²) in [6.45, 7) is 0. The number of carbonyl (C=O) groups excluding carboxylic acids is 2. The Morgan fingerprint density at radius 3 is 2.81 bits per heavy atom. The van der Waals surface area contributed by atoms with Crippen LogP contribution in [0.3, 0.4) is 0 Å². The molecule has 5 nitrogen and oxygen atoms in total. The maximum absolute atomic E-state index is 13.3. The molecule has 2 aromatic carbocycles. The zero-order chi connectivity index (χ0) is 18.7. The first-order chi connectivity index (χ1) is 12.4. The maximum atomic E-state index is 13.3. The molecular weight excluding hydrogens is 377 g/mol. The number of hydrogen-bond donors (Lipinski definition) is 1. The summed E-state index contributed by atoms with van der Waals surface area (Å²) in [6.07, 6.45) is 0.0513. The molecule has 0 aromatic heterocycles. The minimum absolute atomic E-state index is 0.0513. The SMILES string of the molecule is CN1C(=O)C[C@@H](C(=O)Nc2cccc(Cl)c2)SC1=Nc1cccc(F)c1. The van der Waals surface area contributed by atoms with E-state index in [-0.39, 0.29) is 18.2 Å². The number of nitrogens with zero attached hydrogens (tertiary/aromatic N) is 2. The minimum Gasteiger partial charge on any atom is -0.325 e. The molecule has 0 unspecified atom stereocenters. The number of halogens is 2. The number of hydrogen-bond acceptors (Lipinski definition) is 4. The fourth-order valence-electron chi connectivity index (χ4n) is 2.34. The van der Waals surface area contributed by atoms with Gasteiger partial charge in [0, 0.05) is 24.2 Å². The van der Waals surface area contributed by atoms with Crippen LogP contribution in [0.15, 0.2) is 53.5 Å². The van der Waals surface area contributed by atoms with Crippen LogP contribution in [0.25, 0.3) is 0 Å². The topological polar surface area (TPSA) is 61.8 Å². The van der Waals surface area contributed by atoms with Gasteiger partial charge in [-0.25, -0.2) is 9.38 Å². The van der Waals surface area contributed by atoms with Crippen LogP contribution in [0.1, 0.15) is 6.42 Å². The lowest BCUT2D eigenvalue weighted by Crippen LogP contribution is -2.43. The molecule has 0 bridgehead atoms. The lowest BCUT2D eigenvalue weighted by molar-refractivity contribution is -0.128. The van der Waals surface area contributed by atoms with Crippen LogP contribution >= 0.6 is 23.4 Å². The Morgan fingerprint density at radius 1 is 1.31 bits per heavy atom. The molecule has 26 heavy (non-hydrogen) atoms. The van der Waals surface area contributed by atoms with Crippen LogP contribution in [-0.2, 0) is 9.59 Å². The standard InChI is InChI=1S/C18H15ClFN3O2S/c1-23-16(24)10-15(17(25)21-13-6-2-4-11(19)8-13)26-18(23)22-14-7-3-5-12(20)9-14/h2-9,15H,10H2,1H3,(H,21,25)/t15-/m0/s1. The van der Waals surface area contributed by atoms with E-state index < -0.39 is 11.1 Å². The van der Waals surface area contributed by atoms with Gasteiger partial charge in [0.25, 0.3) is 0 Å². The second-order valence-electron chi connectivity index (χ2n) is 5.64. The van der Waals surface area contributed by atoms with Crippen molar-refractivity contribution in [3.05, 3.63) is 59.4 Å². The highest BCUT2D eigenvalue weighted by Gasteiger charge is 2.34. The predicted octanol–water partition coefficient (Wildman–Crippen LogP) is 4.07. The summed E-state index contributed by atoms with van der Waals surface area (Å²) in [4.78, 5) is 30.4. The molecule has 2 amide bonds. The minimum atomic E-state index is -0.634. The molecule has 0 aliphatic carbocycles. The van der Waals surface area contributed by atoms with Crippen molar-refractivity contribution in [2.45, 2.75) is 11.7 Å². The average molecular weight is 392 g/mol. The van der Waals surface area contributed by atoms with Crippen molar-refractivity contribution in [2.24, 2.45) is 4.99 Å². The van der Waals surface area contributed by atoms with Crippen LogP contribution in [0.5, 0.6) is 0 Å². The molecule has 0 spiro atoms. The van der Waals surface area contributed by atoms with Gasteiger partial charge in [-0.2, -0.15) is 0 Å². The third-order valence-electron chi connectivity index (χ3n) is 3.69. The monoisotopic (exact) mass is 391 g/mol. The van der Waals surface area contributed by atoms with Gasteiger partial charge in [0.15, 0.2) is 5.17 Å². The molecular formula is C18H15ClFN3O2S. The number of anilines is 1. The highest BCUT2D eigenvalue weighted by atomic mass is 35.5. The van der Waals surface area contributed by atoms with E-state index in [0.717, 1.165) is 11.8 Å². The number of rotatable bonds is 3. The molecule has 134 valence electrons. The fourth-order valence-corrected chi connectivity index (χ4v) is 3.60. The second kappa shape index (κ2) is 7.88. The first-order valence-corrected chi connectivity index (χ1v) is 9.02. The predicted molar refractivity (Wildman–Crippen MR) is 102 cm³/mol. The molecule has 1 aliphatic heterocycles. The number of nitrogens with one attached hydrogen (secondary N) is 1. The number of amidine groups is 1. The van der Waals surface area contributed by atoms with E-state index in [1.807, 2.05) is 0 Å². The first-order valence-electron chi connectivity index (χ1n) is 7.76. The van der Waals surface area contributed by atoms with Gasteiger partial charge >= 0.3 is 0 Å². The van der Waals surface area contributed by atoms with Crippen LogP contribution in [0.2, 0.25) is 5.02 Å². The Kier molecular flexibility index (Phi) is 5.58. The van der Waals surface area contributed by atoms with E-state index in [1.165, 1.54) is 23.1 Å². The van der Waals surface area contributed by atoms with Crippen molar-refractivity contribution in [3.8, 4) is 0 Å². The smallest absolute Gasteiger partial charge is 0.238 e. The van der Waals surface area contributed by atoms with Gasteiger partial charge in [-0.05, 0) is 36.4 Å². The molecule has 1 fully saturated rings. The van der Waals surface area contributed by atoms with Crippen molar-refractivity contribution >= 4 is 51.7 Å².